The van der Waals surface area contributed by atoms with Gasteiger partial charge < -0.3 is 9.72 Å². The number of rotatable bonds is 7. The average molecular weight is 493 g/mol. The fraction of sp³-hybridized carbons (Fsp3) is 0.0833. The van der Waals surface area contributed by atoms with Crippen LogP contribution in [0.5, 0.6) is 5.75 Å². The van der Waals surface area contributed by atoms with E-state index in [2.05, 4.69) is 15.0 Å². The van der Waals surface area contributed by atoms with Crippen LogP contribution in [0.25, 0.3) is 12.2 Å². The number of H-pyrrole nitrogens is 1. The van der Waals surface area contributed by atoms with Gasteiger partial charge in [-0.25, -0.2) is 0 Å². The van der Waals surface area contributed by atoms with Crippen molar-refractivity contribution < 1.29 is 17.4 Å². The van der Waals surface area contributed by atoms with Crippen LogP contribution < -0.4 is 30.8 Å². The highest BCUT2D eigenvalue weighted by atomic mass is 32.2. The molecule has 0 fully saturated rings. The van der Waals surface area contributed by atoms with Gasteiger partial charge in [-0.05, 0) is 35.9 Å². The van der Waals surface area contributed by atoms with Gasteiger partial charge in [-0.1, -0.05) is 36.4 Å². The monoisotopic (exact) mass is 492 g/mol. The number of hydrogen-bond acceptors (Lipinski definition) is 8. The molecule has 0 bridgehead atoms. The van der Waals surface area contributed by atoms with Gasteiger partial charge in [0.25, 0.3) is 5.56 Å². The Bertz CT molecular complexity index is 1660. The molecule has 0 atom stereocenters. The predicted octanol–water partition coefficient (Wildman–Crippen LogP) is -0.0486. The Labute approximate surface area is 199 Å². The van der Waals surface area contributed by atoms with E-state index in [0.717, 1.165) is 11.8 Å². The Balaban J connectivity index is 1.73. The molecule has 10 nitrogen and oxygen atoms in total. The van der Waals surface area contributed by atoms with Gasteiger partial charge in [-0.15, -0.1) is 4.73 Å². The number of benzene rings is 1. The van der Waals surface area contributed by atoms with Gasteiger partial charge >= 0.3 is 15.7 Å². The molecule has 0 saturated carbocycles. The highest BCUT2D eigenvalue weighted by molar-refractivity contribution is 7.86. The molecule has 1 N–H and O–H groups in total. The Morgan fingerprint density at radius 3 is 2.46 bits per heavy atom. The normalized spacial score (nSPS) is 12.5. The summed E-state index contributed by atoms with van der Waals surface area (Å²) in [6.45, 7) is 0.291. The maximum absolute atomic E-state index is 13.0. The van der Waals surface area contributed by atoms with Gasteiger partial charge in [0.2, 0.25) is 0 Å². The quantitative estimate of drug-likeness (QED) is 0.380. The van der Waals surface area contributed by atoms with Crippen molar-refractivity contribution >= 4 is 22.3 Å². The van der Waals surface area contributed by atoms with E-state index in [1.165, 1.54) is 18.3 Å². The number of aromatic amines is 1. The van der Waals surface area contributed by atoms with E-state index in [1.54, 1.807) is 60.9 Å². The molecule has 0 unspecified atom stereocenters. The maximum Gasteiger partial charge on any atom is 0.324 e. The lowest BCUT2D eigenvalue weighted by Gasteiger charge is -2.07. The molecular formula is C24H20N4O6S. The molecule has 0 saturated heterocycles. The molecular weight excluding hydrogens is 472 g/mol. The van der Waals surface area contributed by atoms with Crippen molar-refractivity contribution in [3.8, 4) is 5.75 Å². The van der Waals surface area contributed by atoms with Gasteiger partial charge in [-0.3, -0.25) is 23.8 Å². The van der Waals surface area contributed by atoms with Crippen molar-refractivity contribution in [2.45, 2.75) is 6.61 Å². The summed E-state index contributed by atoms with van der Waals surface area (Å²) in [6.07, 6.45) is 8.22. The van der Waals surface area contributed by atoms with Crippen molar-refractivity contribution in [1.82, 2.24) is 19.7 Å². The van der Waals surface area contributed by atoms with Gasteiger partial charge in [0.1, 0.15) is 17.7 Å². The standard InChI is InChI=1S/C24H20N4O6S/c1-35(31,32)34-28-22(23(29)27-21(24(28)30)12-17-6-3-2-4-7-17)13-19-9-10-20(15-26-19)33-16-18-8-5-11-25-14-18/h2-15H,16H2,1H3,(H,27,29). The summed E-state index contributed by atoms with van der Waals surface area (Å²) in [6, 6.07) is 15.6. The zero-order valence-corrected chi connectivity index (χ0v) is 19.3. The van der Waals surface area contributed by atoms with E-state index in [0.29, 0.717) is 22.7 Å². The molecule has 1 aromatic carbocycles. The summed E-state index contributed by atoms with van der Waals surface area (Å²) >= 11 is 0. The average Bonchev–Trinajstić information content (AvgIpc) is 2.84. The van der Waals surface area contributed by atoms with Gasteiger partial charge in [0.15, 0.2) is 5.35 Å². The van der Waals surface area contributed by atoms with Crippen LogP contribution in [0.2, 0.25) is 0 Å². The summed E-state index contributed by atoms with van der Waals surface area (Å²) in [5.74, 6) is 0.470. The fourth-order valence-electron chi connectivity index (χ4n) is 3.05. The third kappa shape index (κ3) is 6.30. The predicted molar refractivity (Wildman–Crippen MR) is 128 cm³/mol. The molecule has 0 radical (unpaired) electrons. The second-order valence-electron chi connectivity index (χ2n) is 7.40. The third-order valence-corrected chi connectivity index (χ3v) is 5.03. The number of nitrogens with zero attached hydrogens (tertiary/aromatic N) is 3. The minimum absolute atomic E-state index is 0.144. The summed E-state index contributed by atoms with van der Waals surface area (Å²) in [4.78, 5) is 36.5. The van der Waals surface area contributed by atoms with Crippen LogP contribution >= 0.6 is 0 Å². The summed E-state index contributed by atoms with van der Waals surface area (Å²) in [5.41, 5.74) is 0.181. The lowest BCUT2D eigenvalue weighted by atomic mass is 10.2. The van der Waals surface area contributed by atoms with Crippen LogP contribution in [0, 0.1) is 0 Å². The van der Waals surface area contributed by atoms with E-state index in [-0.39, 0.29) is 16.4 Å². The Morgan fingerprint density at radius 2 is 1.80 bits per heavy atom. The SMILES string of the molecule is CS(=O)(=O)On1c(=O)c(=Cc2ccccc2)[nH]c(=O)c1=Cc1ccc(OCc2cccnc2)cn1. The van der Waals surface area contributed by atoms with Gasteiger partial charge in [-0.2, -0.15) is 8.42 Å². The van der Waals surface area contributed by atoms with Gasteiger partial charge in [0, 0.05) is 18.0 Å². The van der Waals surface area contributed by atoms with Crippen LogP contribution in [-0.4, -0.2) is 34.4 Å². The van der Waals surface area contributed by atoms with Crippen LogP contribution in [0.1, 0.15) is 16.8 Å². The molecule has 3 heterocycles. The Morgan fingerprint density at radius 1 is 1.00 bits per heavy atom. The first-order chi connectivity index (χ1) is 16.8. The summed E-state index contributed by atoms with van der Waals surface area (Å²) in [7, 11) is -4.13. The minimum Gasteiger partial charge on any atom is -0.487 e. The fourth-order valence-corrected chi connectivity index (χ4v) is 3.47. The van der Waals surface area contributed by atoms with E-state index in [4.69, 9.17) is 9.02 Å². The molecule has 4 rings (SSSR count). The van der Waals surface area contributed by atoms with Crippen LogP contribution in [0.4, 0.5) is 0 Å². The molecule has 4 aromatic rings. The van der Waals surface area contributed by atoms with Crippen molar-refractivity contribution in [3.63, 3.8) is 0 Å². The topological polar surface area (TPSA) is 133 Å². The first-order valence-corrected chi connectivity index (χ1v) is 12.1. The van der Waals surface area contributed by atoms with Crippen molar-refractivity contribution in [3.05, 3.63) is 121 Å². The maximum atomic E-state index is 13.0. The third-order valence-electron chi connectivity index (χ3n) is 4.61. The summed E-state index contributed by atoms with van der Waals surface area (Å²) in [5, 5.41) is -0.490. The number of pyridine rings is 2. The highest BCUT2D eigenvalue weighted by Crippen LogP contribution is 2.11. The molecule has 3 aromatic heterocycles. The number of ether oxygens (including phenoxy) is 1. The van der Waals surface area contributed by atoms with E-state index in [1.807, 2.05) is 6.07 Å². The molecule has 0 spiro atoms. The largest absolute Gasteiger partial charge is 0.487 e. The first kappa shape index (κ1) is 23.6. The molecule has 0 aliphatic heterocycles. The van der Waals surface area contributed by atoms with E-state index < -0.39 is 21.2 Å². The molecule has 0 amide bonds. The molecule has 178 valence electrons. The Hall–Kier alpha value is -4.51. The second kappa shape index (κ2) is 10.2. The minimum atomic E-state index is -4.13. The molecule has 11 heteroatoms. The number of nitrogens with one attached hydrogen (secondary N) is 1. The lowest BCUT2D eigenvalue weighted by molar-refractivity contribution is 0.256. The zero-order valence-electron chi connectivity index (χ0n) is 18.5. The van der Waals surface area contributed by atoms with Crippen molar-refractivity contribution in [2.24, 2.45) is 0 Å². The van der Waals surface area contributed by atoms with Gasteiger partial charge in [0.05, 0.1) is 18.1 Å². The summed E-state index contributed by atoms with van der Waals surface area (Å²) < 4.78 is 34.6. The Kier molecular flexibility index (Phi) is 6.88. The second-order valence-corrected chi connectivity index (χ2v) is 8.96. The smallest absolute Gasteiger partial charge is 0.324 e. The number of hydrogen-bond donors (Lipinski definition) is 1. The zero-order chi connectivity index (χ0) is 24.8. The first-order valence-electron chi connectivity index (χ1n) is 10.3. The van der Waals surface area contributed by atoms with Crippen LogP contribution in [0.3, 0.4) is 0 Å². The van der Waals surface area contributed by atoms with Crippen molar-refractivity contribution in [2.75, 3.05) is 6.26 Å². The highest BCUT2D eigenvalue weighted by Gasteiger charge is 2.12. The lowest BCUT2D eigenvalue weighted by Crippen LogP contribution is -2.56. The van der Waals surface area contributed by atoms with Crippen LogP contribution in [-0.2, 0) is 16.7 Å². The molecule has 0 aliphatic carbocycles. The van der Waals surface area contributed by atoms with Crippen molar-refractivity contribution in [1.29, 1.82) is 0 Å². The molecule has 0 aliphatic rings. The van der Waals surface area contributed by atoms with Crippen LogP contribution in [0.15, 0.2) is 82.8 Å². The van der Waals surface area contributed by atoms with E-state index in [9.17, 15) is 18.0 Å². The van der Waals surface area contributed by atoms with E-state index >= 15 is 0 Å². The number of aromatic nitrogens is 4. The molecule has 35 heavy (non-hydrogen) atoms.